The van der Waals surface area contributed by atoms with E-state index >= 15 is 0 Å². The third kappa shape index (κ3) is 3.70. The Kier molecular flexibility index (Phi) is 4.61. The van der Waals surface area contributed by atoms with E-state index in [9.17, 15) is 14.9 Å². The number of nitrogens with zero attached hydrogens (tertiary/aromatic N) is 1. The Labute approximate surface area is 103 Å². The van der Waals surface area contributed by atoms with Gasteiger partial charge in [-0.1, -0.05) is 0 Å². The first kappa shape index (κ1) is 13.9. The summed E-state index contributed by atoms with van der Waals surface area (Å²) in [5, 5.41) is 19.3. The van der Waals surface area contributed by atoms with Crippen molar-refractivity contribution in [3.8, 4) is 5.75 Å². The van der Waals surface area contributed by atoms with Gasteiger partial charge in [-0.15, -0.1) is 0 Å². The molecule has 7 nitrogen and oxygen atoms in total. The van der Waals surface area contributed by atoms with Crippen LogP contribution in [0.25, 0.3) is 0 Å². The van der Waals surface area contributed by atoms with Crippen molar-refractivity contribution < 1.29 is 24.3 Å². The fraction of sp³-hybridized carbons (Fsp3) is 0.364. The number of carbonyl (C=O) groups is 1. The number of nitro groups is 1. The van der Waals surface area contributed by atoms with E-state index in [-0.39, 0.29) is 12.3 Å². The highest BCUT2D eigenvalue weighted by Gasteiger charge is 2.14. The molecule has 0 aliphatic carbocycles. The number of aliphatic carboxylic acids is 1. The van der Waals surface area contributed by atoms with Crippen LogP contribution in [-0.2, 0) is 16.1 Å². The van der Waals surface area contributed by atoms with Gasteiger partial charge in [0.15, 0.2) is 6.10 Å². The van der Waals surface area contributed by atoms with E-state index in [4.69, 9.17) is 14.6 Å². The van der Waals surface area contributed by atoms with Gasteiger partial charge in [0.2, 0.25) is 0 Å². The average molecular weight is 255 g/mol. The molecule has 0 fully saturated rings. The maximum atomic E-state index is 10.7. The van der Waals surface area contributed by atoms with E-state index < -0.39 is 17.0 Å². The molecule has 0 amide bonds. The number of nitro benzene ring substituents is 1. The van der Waals surface area contributed by atoms with Crippen molar-refractivity contribution in [3.05, 3.63) is 33.9 Å². The molecule has 0 bridgehead atoms. The Hall–Kier alpha value is -2.15. The summed E-state index contributed by atoms with van der Waals surface area (Å²) in [4.78, 5) is 20.7. The molecule has 7 heteroatoms. The van der Waals surface area contributed by atoms with Crippen molar-refractivity contribution in [2.75, 3.05) is 7.11 Å². The number of rotatable bonds is 6. The third-order valence-electron chi connectivity index (χ3n) is 2.25. The van der Waals surface area contributed by atoms with Crippen LogP contribution in [0.5, 0.6) is 5.75 Å². The van der Waals surface area contributed by atoms with Crippen LogP contribution in [0.3, 0.4) is 0 Å². The number of hydrogen-bond donors (Lipinski definition) is 1. The van der Waals surface area contributed by atoms with E-state index in [0.717, 1.165) is 0 Å². The summed E-state index contributed by atoms with van der Waals surface area (Å²) < 4.78 is 9.97. The summed E-state index contributed by atoms with van der Waals surface area (Å²) >= 11 is 0. The summed E-state index contributed by atoms with van der Waals surface area (Å²) in [6.07, 6.45) is -0.977. The van der Waals surface area contributed by atoms with Crippen molar-refractivity contribution >= 4 is 11.7 Å². The van der Waals surface area contributed by atoms with Gasteiger partial charge in [-0.2, -0.15) is 0 Å². The zero-order valence-corrected chi connectivity index (χ0v) is 9.95. The highest BCUT2D eigenvalue weighted by Crippen LogP contribution is 2.23. The van der Waals surface area contributed by atoms with Crippen molar-refractivity contribution in [1.29, 1.82) is 0 Å². The second-order valence-corrected chi connectivity index (χ2v) is 3.59. The Morgan fingerprint density at radius 1 is 1.50 bits per heavy atom. The summed E-state index contributed by atoms with van der Waals surface area (Å²) in [6.45, 7) is 1.35. The van der Waals surface area contributed by atoms with Crippen LogP contribution in [-0.4, -0.2) is 29.2 Å². The number of carboxylic acid groups (broad SMARTS) is 1. The van der Waals surface area contributed by atoms with Gasteiger partial charge in [0, 0.05) is 6.07 Å². The minimum absolute atomic E-state index is 0.0362. The predicted octanol–water partition coefficient (Wildman–Crippen LogP) is 1.59. The molecule has 1 atom stereocenters. The average Bonchev–Trinajstić information content (AvgIpc) is 2.35. The van der Waals surface area contributed by atoms with E-state index in [2.05, 4.69) is 0 Å². The van der Waals surface area contributed by atoms with Gasteiger partial charge in [-0.3, -0.25) is 10.1 Å². The molecule has 1 rings (SSSR count). The van der Waals surface area contributed by atoms with Gasteiger partial charge in [0.1, 0.15) is 5.75 Å². The third-order valence-corrected chi connectivity index (χ3v) is 2.25. The minimum atomic E-state index is -1.09. The molecule has 98 valence electrons. The SMILES string of the molecule is COc1cc(CO[C@H](C)C(=O)O)cc([N+](=O)[O-])c1. The molecule has 0 radical (unpaired) electrons. The standard InChI is InChI=1S/C11H13NO6/c1-7(11(13)14)18-6-8-3-9(12(15)16)5-10(4-8)17-2/h3-5,7H,6H2,1-2H3,(H,13,14)/t7-/m1/s1. The molecule has 18 heavy (non-hydrogen) atoms. The molecule has 1 N–H and O–H groups in total. The van der Waals surface area contributed by atoms with Gasteiger partial charge in [-0.25, -0.2) is 4.79 Å². The van der Waals surface area contributed by atoms with E-state index in [1.54, 1.807) is 6.07 Å². The first-order valence-electron chi connectivity index (χ1n) is 5.10. The normalized spacial score (nSPS) is 11.9. The summed E-state index contributed by atoms with van der Waals surface area (Å²) in [5.41, 5.74) is 0.352. The maximum absolute atomic E-state index is 10.7. The number of benzene rings is 1. The zero-order chi connectivity index (χ0) is 13.7. The molecule has 0 saturated heterocycles. The molecule has 0 aromatic heterocycles. The van der Waals surface area contributed by atoms with Crippen LogP contribution in [0.1, 0.15) is 12.5 Å². The largest absolute Gasteiger partial charge is 0.496 e. The number of methoxy groups -OCH3 is 1. The Bertz CT molecular complexity index is 459. The van der Waals surface area contributed by atoms with Crippen LogP contribution in [0, 0.1) is 10.1 Å². The van der Waals surface area contributed by atoms with Gasteiger partial charge in [0.25, 0.3) is 5.69 Å². The van der Waals surface area contributed by atoms with Crippen LogP contribution in [0.4, 0.5) is 5.69 Å². The molecular weight excluding hydrogens is 242 g/mol. The van der Waals surface area contributed by atoms with Crippen molar-refractivity contribution in [2.24, 2.45) is 0 Å². The second-order valence-electron chi connectivity index (χ2n) is 3.59. The molecule has 0 aliphatic rings. The van der Waals surface area contributed by atoms with Crippen LogP contribution in [0.15, 0.2) is 18.2 Å². The lowest BCUT2D eigenvalue weighted by Gasteiger charge is -2.09. The number of hydrogen-bond acceptors (Lipinski definition) is 5. The maximum Gasteiger partial charge on any atom is 0.332 e. The van der Waals surface area contributed by atoms with E-state index in [0.29, 0.717) is 11.3 Å². The topological polar surface area (TPSA) is 98.9 Å². The highest BCUT2D eigenvalue weighted by molar-refractivity contribution is 5.71. The minimum Gasteiger partial charge on any atom is -0.496 e. The summed E-state index contributed by atoms with van der Waals surface area (Å²) in [6, 6.07) is 4.16. The number of carboxylic acids is 1. The Morgan fingerprint density at radius 3 is 2.67 bits per heavy atom. The molecule has 1 aromatic carbocycles. The smallest absolute Gasteiger partial charge is 0.332 e. The second kappa shape index (κ2) is 5.97. The summed E-state index contributed by atoms with van der Waals surface area (Å²) in [5.74, 6) is -0.766. The van der Waals surface area contributed by atoms with Gasteiger partial charge >= 0.3 is 5.97 Å². The van der Waals surface area contributed by atoms with Crippen molar-refractivity contribution in [3.63, 3.8) is 0 Å². The zero-order valence-electron chi connectivity index (χ0n) is 9.95. The fourth-order valence-electron chi connectivity index (χ4n) is 1.24. The predicted molar refractivity (Wildman–Crippen MR) is 61.5 cm³/mol. The van der Waals surface area contributed by atoms with Crippen molar-refractivity contribution in [1.82, 2.24) is 0 Å². The first-order valence-corrected chi connectivity index (χ1v) is 5.10. The fourth-order valence-corrected chi connectivity index (χ4v) is 1.24. The quantitative estimate of drug-likeness (QED) is 0.612. The van der Waals surface area contributed by atoms with E-state index in [1.165, 1.54) is 26.2 Å². The van der Waals surface area contributed by atoms with Crippen LogP contribution in [0.2, 0.25) is 0 Å². The number of ether oxygens (including phenoxy) is 2. The molecule has 0 aliphatic heterocycles. The van der Waals surface area contributed by atoms with Crippen LogP contribution < -0.4 is 4.74 Å². The van der Waals surface area contributed by atoms with E-state index in [1.807, 2.05) is 0 Å². The van der Waals surface area contributed by atoms with Gasteiger partial charge < -0.3 is 14.6 Å². The molecule has 0 unspecified atom stereocenters. The molecule has 0 saturated carbocycles. The lowest BCUT2D eigenvalue weighted by Crippen LogP contribution is -2.19. The van der Waals surface area contributed by atoms with Gasteiger partial charge in [-0.05, 0) is 18.6 Å². The Balaban J connectivity index is 2.85. The van der Waals surface area contributed by atoms with Crippen LogP contribution >= 0.6 is 0 Å². The lowest BCUT2D eigenvalue weighted by atomic mass is 10.2. The highest BCUT2D eigenvalue weighted by atomic mass is 16.6. The molecule has 0 heterocycles. The Morgan fingerprint density at radius 2 is 2.17 bits per heavy atom. The number of non-ortho nitro benzene ring substituents is 1. The lowest BCUT2D eigenvalue weighted by molar-refractivity contribution is -0.385. The van der Waals surface area contributed by atoms with Gasteiger partial charge in [0.05, 0.1) is 24.7 Å². The molecular formula is C11H13NO6. The van der Waals surface area contributed by atoms with Crippen molar-refractivity contribution in [2.45, 2.75) is 19.6 Å². The monoisotopic (exact) mass is 255 g/mol. The first-order chi connectivity index (χ1) is 8.43. The molecule has 0 spiro atoms. The molecule has 1 aromatic rings. The summed E-state index contributed by atoms with van der Waals surface area (Å²) in [7, 11) is 1.39.